The average molecular weight is 261 g/mol. The second-order valence-electron chi connectivity index (χ2n) is 4.39. The van der Waals surface area contributed by atoms with Gasteiger partial charge in [-0.15, -0.1) is 0 Å². The molecule has 5 nitrogen and oxygen atoms in total. The van der Waals surface area contributed by atoms with Gasteiger partial charge in [0.25, 0.3) is 0 Å². The largest absolute Gasteiger partial charge is 0.497 e. The summed E-state index contributed by atoms with van der Waals surface area (Å²) in [5.41, 5.74) is 0.923. The molecule has 0 spiro atoms. The van der Waals surface area contributed by atoms with Crippen LogP contribution < -0.4 is 10.1 Å². The van der Waals surface area contributed by atoms with Crippen LogP contribution in [0.1, 0.15) is 25.7 Å². The molecule has 1 atom stereocenters. The van der Waals surface area contributed by atoms with Crippen LogP contribution in [0.4, 0.5) is 0 Å². The zero-order valence-corrected chi connectivity index (χ0v) is 11.5. The number of hydrogen-bond donors (Lipinski definition) is 1. The maximum atomic E-state index is 5.30. The molecule has 0 aliphatic carbocycles. The van der Waals surface area contributed by atoms with Gasteiger partial charge in [0.05, 0.1) is 7.11 Å². The van der Waals surface area contributed by atoms with Crippen LogP contribution in [-0.4, -0.2) is 30.3 Å². The van der Waals surface area contributed by atoms with Crippen molar-refractivity contribution in [3.63, 3.8) is 0 Å². The minimum atomic E-state index is 0.208. The van der Waals surface area contributed by atoms with Crippen molar-refractivity contribution in [3.05, 3.63) is 30.2 Å². The maximum Gasteiger partial charge on any atom is 0.231 e. The molecule has 19 heavy (non-hydrogen) atoms. The molecule has 0 radical (unpaired) electrons. The van der Waals surface area contributed by atoms with Crippen LogP contribution in [0.2, 0.25) is 0 Å². The highest BCUT2D eigenvalue weighted by molar-refractivity contribution is 5.55. The fourth-order valence-corrected chi connectivity index (χ4v) is 1.74. The van der Waals surface area contributed by atoms with Crippen molar-refractivity contribution in [2.45, 2.75) is 19.8 Å². The second-order valence-corrected chi connectivity index (χ2v) is 4.39. The van der Waals surface area contributed by atoms with Crippen LogP contribution in [-0.2, 0) is 0 Å². The van der Waals surface area contributed by atoms with E-state index in [0.29, 0.717) is 11.7 Å². The lowest BCUT2D eigenvalue weighted by Crippen LogP contribution is -2.19. The Bertz CT molecular complexity index is 508. The summed E-state index contributed by atoms with van der Waals surface area (Å²) in [6, 6.07) is 7.60. The fourth-order valence-electron chi connectivity index (χ4n) is 1.74. The molecule has 1 aromatic carbocycles. The first-order valence-corrected chi connectivity index (χ1v) is 6.43. The Balaban J connectivity index is 2.11. The molecular weight excluding hydrogens is 242 g/mol. The Hall–Kier alpha value is -1.88. The highest BCUT2D eigenvalue weighted by atomic mass is 16.5. The quantitative estimate of drug-likeness (QED) is 0.865. The molecule has 0 fully saturated rings. The van der Waals surface area contributed by atoms with Crippen molar-refractivity contribution in [1.82, 2.24) is 15.5 Å². The molecule has 0 saturated carbocycles. The molecule has 5 heteroatoms. The molecule has 1 aromatic heterocycles. The number of nitrogens with one attached hydrogen (secondary N) is 1. The topological polar surface area (TPSA) is 60.2 Å². The van der Waals surface area contributed by atoms with Gasteiger partial charge in [-0.3, -0.25) is 0 Å². The number of hydrogen-bond acceptors (Lipinski definition) is 5. The van der Waals surface area contributed by atoms with Gasteiger partial charge in [0.1, 0.15) is 5.75 Å². The molecule has 2 aromatic rings. The predicted molar refractivity (Wildman–Crippen MR) is 73.2 cm³/mol. The van der Waals surface area contributed by atoms with Gasteiger partial charge in [0.15, 0.2) is 0 Å². The lowest BCUT2D eigenvalue weighted by molar-refractivity contribution is 0.355. The Morgan fingerprint density at radius 1 is 1.32 bits per heavy atom. The summed E-state index contributed by atoms with van der Waals surface area (Å²) < 4.78 is 10.4. The normalized spacial score (nSPS) is 12.4. The third-order valence-electron chi connectivity index (χ3n) is 2.91. The van der Waals surface area contributed by atoms with Crippen molar-refractivity contribution in [1.29, 1.82) is 0 Å². The number of aromatic nitrogens is 2. The van der Waals surface area contributed by atoms with Gasteiger partial charge in [-0.1, -0.05) is 19.0 Å². The van der Waals surface area contributed by atoms with E-state index in [4.69, 9.17) is 9.26 Å². The first-order valence-electron chi connectivity index (χ1n) is 6.43. The van der Waals surface area contributed by atoms with Gasteiger partial charge in [-0.25, -0.2) is 0 Å². The van der Waals surface area contributed by atoms with Crippen LogP contribution in [0.15, 0.2) is 28.8 Å². The van der Waals surface area contributed by atoms with Crippen molar-refractivity contribution in [2.24, 2.45) is 0 Å². The lowest BCUT2D eigenvalue weighted by atomic mass is 10.1. The minimum Gasteiger partial charge on any atom is -0.497 e. The molecule has 0 amide bonds. The molecule has 0 aliphatic rings. The van der Waals surface area contributed by atoms with Crippen molar-refractivity contribution in [2.75, 3.05) is 20.2 Å². The van der Waals surface area contributed by atoms with E-state index in [1.54, 1.807) is 7.11 Å². The van der Waals surface area contributed by atoms with Gasteiger partial charge in [0.2, 0.25) is 11.7 Å². The third kappa shape index (κ3) is 3.32. The van der Waals surface area contributed by atoms with E-state index in [-0.39, 0.29) is 5.92 Å². The van der Waals surface area contributed by atoms with E-state index >= 15 is 0 Å². The SMILES string of the molecule is CCNCC(C)c1nc(-c2ccc(OC)cc2)no1. The van der Waals surface area contributed by atoms with E-state index in [9.17, 15) is 0 Å². The minimum absolute atomic E-state index is 0.208. The zero-order valence-electron chi connectivity index (χ0n) is 11.5. The van der Waals surface area contributed by atoms with E-state index in [1.807, 2.05) is 24.3 Å². The van der Waals surface area contributed by atoms with Crippen LogP contribution in [0.3, 0.4) is 0 Å². The highest BCUT2D eigenvalue weighted by Gasteiger charge is 2.14. The summed E-state index contributed by atoms with van der Waals surface area (Å²) >= 11 is 0. The van der Waals surface area contributed by atoms with Gasteiger partial charge >= 0.3 is 0 Å². The Labute approximate surface area is 113 Å². The molecule has 0 saturated heterocycles. The third-order valence-corrected chi connectivity index (χ3v) is 2.91. The van der Waals surface area contributed by atoms with Crippen molar-refractivity contribution >= 4 is 0 Å². The van der Waals surface area contributed by atoms with Crippen LogP contribution in [0.5, 0.6) is 5.75 Å². The molecule has 1 unspecified atom stereocenters. The van der Waals surface area contributed by atoms with E-state index in [1.165, 1.54) is 0 Å². The molecule has 102 valence electrons. The van der Waals surface area contributed by atoms with Crippen LogP contribution in [0.25, 0.3) is 11.4 Å². The molecule has 0 bridgehead atoms. The molecule has 2 rings (SSSR count). The summed E-state index contributed by atoms with van der Waals surface area (Å²) in [7, 11) is 1.64. The Morgan fingerprint density at radius 3 is 2.68 bits per heavy atom. The van der Waals surface area contributed by atoms with Crippen LogP contribution in [0, 0.1) is 0 Å². The van der Waals surface area contributed by atoms with E-state index in [0.717, 1.165) is 24.4 Å². The summed E-state index contributed by atoms with van der Waals surface area (Å²) in [6.07, 6.45) is 0. The summed E-state index contributed by atoms with van der Waals surface area (Å²) in [5, 5.41) is 7.28. The monoisotopic (exact) mass is 261 g/mol. The van der Waals surface area contributed by atoms with Crippen molar-refractivity contribution in [3.8, 4) is 17.1 Å². The Kier molecular flexibility index (Phi) is 4.52. The number of nitrogens with zero attached hydrogens (tertiary/aromatic N) is 2. The smallest absolute Gasteiger partial charge is 0.231 e. The maximum absolute atomic E-state index is 5.30. The summed E-state index contributed by atoms with van der Waals surface area (Å²) in [5.74, 6) is 2.29. The summed E-state index contributed by atoms with van der Waals surface area (Å²) in [6.45, 7) is 5.90. The number of ether oxygens (including phenoxy) is 1. The Morgan fingerprint density at radius 2 is 2.05 bits per heavy atom. The second kappa shape index (κ2) is 6.33. The van der Waals surface area contributed by atoms with Gasteiger partial charge in [0, 0.05) is 18.0 Å². The number of methoxy groups -OCH3 is 1. The van der Waals surface area contributed by atoms with Gasteiger partial charge in [-0.2, -0.15) is 4.98 Å². The summed E-state index contributed by atoms with van der Waals surface area (Å²) in [4.78, 5) is 4.43. The number of rotatable bonds is 6. The number of benzene rings is 1. The van der Waals surface area contributed by atoms with Crippen molar-refractivity contribution < 1.29 is 9.26 Å². The van der Waals surface area contributed by atoms with Gasteiger partial charge in [-0.05, 0) is 30.8 Å². The zero-order chi connectivity index (χ0) is 13.7. The molecular formula is C14H19N3O2. The van der Waals surface area contributed by atoms with E-state index < -0.39 is 0 Å². The fraction of sp³-hybridized carbons (Fsp3) is 0.429. The predicted octanol–water partition coefficient (Wildman–Crippen LogP) is 2.46. The van der Waals surface area contributed by atoms with E-state index in [2.05, 4.69) is 29.3 Å². The molecule has 0 aliphatic heterocycles. The molecule has 1 heterocycles. The first-order chi connectivity index (χ1) is 9.24. The van der Waals surface area contributed by atoms with Gasteiger partial charge < -0.3 is 14.6 Å². The molecule has 1 N–H and O–H groups in total. The standard InChI is InChI=1S/C14H19N3O2/c1-4-15-9-10(2)14-16-13(17-19-14)11-5-7-12(18-3)8-6-11/h5-8,10,15H,4,9H2,1-3H3. The average Bonchev–Trinajstić information content (AvgIpc) is 2.94. The first kappa shape index (κ1) is 13.5. The van der Waals surface area contributed by atoms with Crippen LogP contribution >= 0.6 is 0 Å². The number of likely N-dealkylation sites (N-methyl/N-ethyl adjacent to an activating group) is 1. The highest BCUT2D eigenvalue weighted by Crippen LogP contribution is 2.21. The lowest BCUT2D eigenvalue weighted by Gasteiger charge is -2.05.